The molecule has 0 aromatic heterocycles. The zero-order valence-electron chi connectivity index (χ0n) is 10.4. The standard InChI is InChI=1S/C14H12F2N2O.ClH/c15-12-10(14(17)18)6-7-11(13(12)16)19-8-9-4-2-1-3-5-9;/h1-7H,8H2,(H3,17,18);1H. The van der Waals surface area contributed by atoms with Crippen molar-refractivity contribution < 1.29 is 13.5 Å². The largest absolute Gasteiger partial charge is 0.486 e. The van der Waals surface area contributed by atoms with Gasteiger partial charge in [0.2, 0.25) is 5.82 Å². The van der Waals surface area contributed by atoms with Crippen molar-refractivity contribution in [2.75, 3.05) is 0 Å². The molecule has 0 spiro atoms. The van der Waals surface area contributed by atoms with Gasteiger partial charge < -0.3 is 10.5 Å². The Labute approximate surface area is 121 Å². The summed E-state index contributed by atoms with van der Waals surface area (Å²) in [6.07, 6.45) is 0. The first kappa shape index (κ1) is 15.9. The Morgan fingerprint density at radius 2 is 1.70 bits per heavy atom. The average Bonchev–Trinajstić information content (AvgIpc) is 2.41. The third-order valence-electron chi connectivity index (χ3n) is 2.57. The third kappa shape index (κ3) is 3.45. The summed E-state index contributed by atoms with van der Waals surface area (Å²) >= 11 is 0. The first-order valence-corrected chi connectivity index (χ1v) is 5.58. The van der Waals surface area contributed by atoms with Crippen LogP contribution in [-0.2, 0) is 6.61 Å². The van der Waals surface area contributed by atoms with E-state index in [4.69, 9.17) is 15.9 Å². The summed E-state index contributed by atoms with van der Waals surface area (Å²) in [5, 5.41) is 7.11. The molecule has 0 aliphatic heterocycles. The van der Waals surface area contributed by atoms with Crippen molar-refractivity contribution in [1.82, 2.24) is 0 Å². The van der Waals surface area contributed by atoms with Gasteiger partial charge in [0.25, 0.3) is 0 Å². The second-order valence-electron chi connectivity index (χ2n) is 3.93. The minimum atomic E-state index is -1.17. The molecule has 0 amide bonds. The maximum atomic E-state index is 13.7. The van der Waals surface area contributed by atoms with Crippen LogP contribution in [0.5, 0.6) is 5.75 Å². The van der Waals surface area contributed by atoms with E-state index in [1.807, 2.05) is 30.3 Å². The molecule has 2 rings (SSSR count). The van der Waals surface area contributed by atoms with Gasteiger partial charge in [-0.3, -0.25) is 5.41 Å². The van der Waals surface area contributed by atoms with Crippen molar-refractivity contribution in [2.45, 2.75) is 6.61 Å². The number of hydrogen-bond acceptors (Lipinski definition) is 2. The van der Waals surface area contributed by atoms with Gasteiger partial charge in [-0.1, -0.05) is 30.3 Å². The molecular weight excluding hydrogens is 286 g/mol. The van der Waals surface area contributed by atoms with Gasteiger partial charge in [0.05, 0.1) is 5.56 Å². The number of hydrogen-bond donors (Lipinski definition) is 2. The lowest BCUT2D eigenvalue weighted by Crippen LogP contribution is -2.14. The molecule has 6 heteroatoms. The van der Waals surface area contributed by atoms with E-state index in [1.54, 1.807) is 0 Å². The van der Waals surface area contributed by atoms with Crippen LogP contribution in [0.15, 0.2) is 42.5 Å². The number of ether oxygens (including phenoxy) is 1. The summed E-state index contributed by atoms with van der Waals surface area (Å²) in [5.74, 6) is -3.03. The lowest BCUT2D eigenvalue weighted by atomic mass is 10.1. The number of rotatable bonds is 4. The molecule has 3 nitrogen and oxygen atoms in total. The number of nitrogens with two attached hydrogens (primary N) is 1. The van der Waals surface area contributed by atoms with Gasteiger partial charge in [-0.05, 0) is 17.7 Å². The third-order valence-corrected chi connectivity index (χ3v) is 2.57. The highest BCUT2D eigenvalue weighted by atomic mass is 35.5. The number of amidine groups is 1. The Morgan fingerprint density at radius 1 is 1.05 bits per heavy atom. The molecule has 0 aliphatic rings. The molecular formula is C14H13ClF2N2O. The summed E-state index contributed by atoms with van der Waals surface area (Å²) in [4.78, 5) is 0. The number of halogens is 3. The Hall–Kier alpha value is -2.14. The molecule has 0 heterocycles. The highest BCUT2D eigenvalue weighted by molar-refractivity contribution is 5.95. The second-order valence-corrected chi connectivity index (χ2v) is 3.93. The maximum absolute atomic E-state index is 13.7. The van der Waals surface area contributed by atoms with Crippen molar-refractivity contribution in [1.29, 1.82) is 5.41 Å². The molecule has 0 aliphatic carbocycles. The monoisotopic (exact) mass is 298 g/mol. The lowest BCUT2D eigenvalue weighted by Gasteiger charge is -2.09. The van der Waals surface area contributed by atoms with Crippen LogP contribution in [0.1, 0.15) is 11.1 Å². The predicted octanol–water partition coefficient (Wildman–Crippen LogP) is 3.25. The van der Waals surface area contributed by atoms with Gasteiger partial charge >= 0.3 is 0 Å². The van der Waals surface area contributed by atoms with Gasteiger partial charge in [0, 0.05) is 0 Å². The Bertz CT molecular complexity index is 606. The van der Waals surface area contributed by atoms with Crippen molar-refractivity contribution >= 4 is 18.2 Å². The molecule has 0 saturated heterocycles. The summed E-state index contributed by atoms with van der Waals surface area (Å²) < 4.78 is 32.4. The molecule has 0 unspecified atom stereocenters. The number of nitrogens with one attached hydrogen (secondary N) is 1. The van der Waals surface area contributed by atoms with E-state index in [0.29, 0.717) is 0 Å². The van der Waals surface area contributed by atoms with Crippen molar-refractivity contribution in [3.8, 4) is 5.75 Å². The molecule has 3 N–H and O–H groups in total. The Morgan fingerprint density at radius 3 is 2.30 bits per heavy atom. The van der Waals surface area contributed by atoms with Crippen molar-refractivity contribution in [2.24, 2.45) is 5.73 Å². The summed E-state index contributed by atoms with van der Waals surface area (Å²) in [6, 6.07) is 11.6. The van der Waals surface area contributed by atoms with E-state index in [0.717, 1.165) is 5.56 Å². The average molecular weight is 299 g/mol. The fourth-order valence-corrected chi connectivity index (χ4v) is 1.59. The topological polar surface area (TPSA) is 59.1 Å². The quantitative estimate of drug-likeness (QED) is 0.672. The number of nitrogen functional groups attached to an aromatic ring is 1. The van der Waals surface area contributed by atoms with Crippen LogP contribution in [-0.4, -0.2) is 5.84 Å². The molecule has 0 fully saturated rings. The summed E-state index contributed by atoms with van der Waals surface area (Å²) in [7, 11) is 0. The Kier molecular flexibility index (Phi) is 5.46. The highest BCUT2D eigenvalue weighted by Gasteiger charge is 2.16. The van der Waals surface area contributed by atoms with Crippen LogP contribution in [0.4, 0.5) is 8.78 Å². The predicted molar refractivity (Wildman–Crippen MR) is 75.4 cm³/mol. The van der Waals surface area contributed by atoms with Crippen LogP contribution in [0.3, 0.4) is 0 Å². The second kappa shape index (κ2) is 6.86. The first-order chi connectivity index (χ1) is 9.09. The maximum Gasteiger partial charge on any atom is 0.201 e. The normalized spacial score (nSPS) is 9.70. The zero-order valence-corrected chi connectivity index (χ0v) is 11.2. The minimum Gasteiger partial charge on any atom is -0.486 e. The first-order valence-electron chi connectivity index (χ1n) is 5.58. The smallest absolute Gasteiger partial charge is 0.201 e. The van der Waals surface area contributed by atoms with Crippen LogP contribution in [0.2, 0.25) is 0 Å². The highest BCUT2D eigenvalue weighted by Crippen LogP contribution is 2.23. The molecule has 0 atom stereocenters. The van der Waals surface area contributed by atoms with Gasteiger partial charge in [0.15, 0.2) is 11.6 Å². The van der Waals surface area contributed by atoms with Gasteiger partial charge in [-0.15, -0.1) is 12.4 Å². The van der Waals surface area contributed by atoms with E-state index >= 15 is 0 Å². The zero-order chi connectivity index (χ0) is 13.8. The molecule has 0 saturated carbocycles. The SMILES string of the molecule is Cl.N=C(N)c1ccc(OCc2ccccc2)c(F)c1F. The van der Waals surface area contributed by atoms with E-state index in [1.165, 1.54) is 12.1 Å². The van der Waals surface area contributed by atoms with E-state index < -0.39 is 17.5 Å². The van der Waals surface area contributed by atoms with E-state index in [9.17, 15) is 8.78 Å². The molecule has 20 heavy (non-hydrogen) atoms. The fraction of sp³-hybridized carbons (Fsp3) is 0.0714. The summed E-state index contributed by atoms with van der Waals surface area (Å²) in [6.45, 7) is 0.136. The molecule has 0 radical (unpaired) electrons. The van der Waals surface area contributed by atoms with Gasteiger partial charge in [-0.25, -0.2) is 4.39 Å². The lowest BCUT2D eigenvalue weighted by molar-refractivity contribution is 0.284. The van der Waals surface area contributed by atoms with Crippen LogP contribution >= 0.6 is 12.4 Å². The summed E-state index contributed by atoms with van der Waals surface area (Å²) in [5.41, 5.74) is 5.71. The van der Waals surface area contributed by atoms with Crippen molar-refractivity contribution in [3.05, 3.63) is 65.2 Å². The van der Waals surface area contributed by atoms with Crippen LogP contribution < -0.4 is 10.5 Å². The van der Waals surface area contributed by atoms with E-state index in [2.05, 4.69) is 0 Å². The van der Waals surface area contributed by atoms with Gasteiger partial charge in [0.1, 0.15) is 12.4 Å². The Balaban J connectivity index is 0.00000200. The van der Waals surface area contributed by atoms with E-state index in [-0.39, 0.29) is 30.3 Å². The van der Waals surface area contributed by atoms with Crippen molar-refractivity contribution in [3.63, 3.8) is 0 Å². The van der Waals surface area contributed by atoms with Crippen LogP contribution in [0.25, 0.3) is 0 Å². The molecule has 2 aromatic rings. The molecule has 0 bridgehead atoms. The molecule has 106 valence electrons. The fourth-order valence-electron chi connectivity index (χ4n) is 1.59. The van der Waals surface area contributed by atoms with Crippen LogP contribution in [0, 0.1) is 17.0 Å². The number of benzene rings is 2. The van der Waals surface area contributed by atoms with Gasteiger partial charge in [-0.2, -0.15) is 4.39 Å². The molecule has 2 aromatic carbocycles. The minimum absolute atomic E-state index is 0.